The average Bonchev–Trinajstić information content (AvgIpc) is 2.41. The zero-order chi connectivity index (χ0) is 13.7. The third-order valence-electron chi connectivity index (χ3n) is 2.89. The van der Waals surface area contributed by atoms with Crippen molar-refractivity contribution in [2.24, 2.45) is 0 Å². The van der Waals surface area contributed by atoms with Gasteiger partial charge in [-0.3, -0.25) is 9.78 Å². The normalized spacial score (nSPS) is 10.2. The first-order valence-electron chi connectivity index (χ1n) is 6.20. The Morgan fingerprint density at radius 1 is 1.26 bits per heavy atom. The highest BCUT2D eigenvalue weighted by Gasteiger charge is 2.05. The van der Waals surface area contributed by atoms with Crippen LogP contribution in [0.25, 0.3) is 0 Å². The lowest BCUT2D eigenvalue weighted by Crippen LogP contribution is -2.13. The van der Waals surface area contributed by atoms with Gasteiger partial charge in [0.1, 0.15) is 0 Å². The minimum atomic E-state index is -0.0431. The number of amides is 1. The van der Waals surface area contributed by atoms with Gasteiger partial charge in [-0.15, -0.1) is 0 Å². The lowest BCUT2D eigenvalue weighted by molar-refractivity contribution is -0.116. The van der Waals surface area contributed by atoms with Crippen LogP contribution in [0.1, 0.15) is 17.5 Å². The third-order valence-corrected chi connectivity index (χ3v) is 2.89. The predicted octanol–water partition coefficient (Wildman–Crippen LogP) is 2.54. The number of nitrogens with two attached hydrogens (primary N) is 1. The van der Waals surface area contributed by atoms with E-state index in [1.165, 1.54) is 11.8 Å². The molecule has 0 aliphatic carbocycles. The smallest absolute Gasteiger partial charge is 0.224 e. The van der Waals surface area contributed by atoms with Gasteiger partial charge in [0, 0.05) is 12.6 Å². The maximum absolute atomic E-state index is 11.8. The topological polar surface area (TPSA) is 68.0 Å². The first-order chi connectivity index (χ1) is 9.15. The van der Waals surface area contributed by atoms with Crippen molar-refractivity contribution in [1.82, 2.24) is 4.98 Å². The molecule has 0 radical (unpaired) electrons. The van der Waals surface area contributed by atoms with Crippen LogP contribution in [0.3, 0.4) is 0 Å². The summed E-state index contributed by atoms with van der Waals surface area (Å²) in [5.41, 5.74) is 9.18. The molecule has 0 unspecified atom stereocenters. The molecule has 0 saturated heterocycles. The zero-order valence-corrected chi connectivity index (χ0v) is 10.9. The van der Waals surface area contributed by atoms with E-state index in [1.807, 2.05) is 31.2 Å². The molecule has 0 saturated carbocycles. The summed E-state index contributed by atoms with van der Waals surface area (Å²) in [5.74, 6) is -0.0431. The molecule has 4 nitrogen and oxygen atoms in total. The molecule has 2 rings (SSSR count). The minimum absolute atomic E-state index is 0.0431. The molecule has 0 aliphatic heterocycles. The Balaban J connectivity index is 1.88. The Hall–Kier alpha value is -2.36. The van der Waals surface area contributed by atoms with Crippen molar-refractivity contribution in [2.75, 3.05) is 11.1 Å². The third kappa shape index (κ3) is 3.81. The number of hydrogen-bond acceptors (Lipinski definition) is 3. The molecule has 98 valence electrons. The molecular weight excluding hydrogens is 238 g/mol. The van der Waals surface area contributed by atoms with Gasteiger partial charge in [-0.1, -0.05) is 29.8 Å². The van der Waals surface area contributed by atoms with Crippen molar-refractivity contribution in [3.05, 3.63) is 53.9 Å². The first kappa shape index (κ1) is 13.1. The summed E-state index contributed by atoms with van der Waals surface area (Å²) in [6.07, 6.45) is 4.28. The predicted molar refractivity (Wildman–Crippen MR) is 76.8 cm³/mol. The van der Waals surface area contributed by atoms with E-state index in [4.69, 9.17) is 5.73 Å². The molecule has 1 aromatic heterocycles. The molecule has 1 heterocycles. The molecule has 0 bridgehead atoms. The Kier molecular flexibility index (Phi) is 4.13. The standard InChI is InChI=1S/C15H17N3O/c1-11-2-4-12(5-3-11)6-7-15(19)18-14-8-9-17-10-13(14)16/h2-5,8-10H,6-7,16H2,1H3,(H,17,18,19). The van der Waals surface area contributed by atoms with Crippen molar-refractivity contribution in [1.29, 1.82) is 0 Å². The summed E-state index contributed by atoms with van der Waals surface area (Å²) in [4.78, 5) is 15.7. The average molecular weight is 255 g/mol. The van der Waals surface area contributed by atoms with E-state index >= 15 is 0 Å². The summed E-state index contributed by atoms with van der Waals surface area (Å²) in [5, 5.41) is 2.79. The maximum Gasteiger partial charge on any atom is 0.224 e. The van der Waals surface area contributed by atoms with Crippen molar-refractivity contribution in [3.63, 3.8) is 0 Å². The number of nitrogen functional groups attached to an aromatic ring is 1. The van der Waals surface area contributed by atoms with Crippen LogP contribution in [0.2, 0.25) is 0 Å². The summed E-state index contributed by atoms with van der Waals surface area (Å²) in [6, 6.07) is 9.88. The van der Waals surface area contributed by atoms with Gasteiger partial charge < -0.3 is 11.1 Å². The molecular formula is C15H17N3O. The van der Waals surface area contributed by atoms with Crippen LogP contribution in [-0.4, -0.2) is 10.9 Å². The molecule has 0 aliphatic rings. The quantitative estimate of drug-likeness (QED) is 0.882. The second kappa shape index (κ2) is 6.00. The van der Waals surface area contributed by atoms with E-state index in [2.05, 4.69) is 10.3 Å². The van der Waals surface area contributed by atoms with Gasteiger partial charge in [-0.2, -0.15) is 0 Å². The van der Waals surface area contributed by atoms with E-state index in [0.717, 1.165) is 12.0 Å². The van der Waals surface area contributed by atoms with Crippen LogP contribution in [0.5, 0.6) is 0 Å². The van der Waals surface area contributed by atoms with Gasteiger partial charge in [0.05, 0.1) is 17.6 Å². The Morgan fingerprint density at radius 3 is 2.68 bits per heavy atom. The van der Waals surface area contributed by atoms with E-state index < -0.39 is 0 Å². The lowest BCUT2D eigenvalue weighted by atomic mass is 10.1. The molecule has 0 fully saturated rings. The number of hydrogen-bond donors (Lipinski definition) is 2. The summed E-state index contributed by atoms with van der Waals surface area (Å²) >= 11 is 0. The second-order valence-corrected chi connectivity index (χ2v) is 4.50. The lowest BCUT2D eigenvalue weighted by Gasteiger charge is -2.07. The highest BCUT2D eigenvalue weighted by atomic mass is 16.1. The molecule has 1 aromatic carbocycles. The van der Waals surface area contributed by atoms with Gasteiger partial charge >= 0.3 is 0 Å². The molecule has 1 amide bonds. The highest BCUT2D eigenvalue weighted by Crippen LogP contribution is 2.15. The summed E-state index contributed by atoms with van der Waals surface area (Å²) in [7, 11) is 0. The van der Waals surface area contributed by atoms with Crippen LogP contribution < -0.4 is 11.1 Å². The molecule has 3 N–H and O–H groups in total. The SMILES string of the molecule is Cc1ccc(CCC(=O)Nc2ccncc2N)cc1. The van der Waals surface area contributed by atoms with E-state index in [1.54, 1.807) is 12.3 Å². The molecule has 0 atom stereocenters. The number of carbonyl (C=O) groups is 1. The van der Waals surface area contributed by atoms with E-state index in [0.29, 0.717) is 17.8 Å². The number of aryl methyl sites for hydroxylation is 2. The van der Waals surface area contributed by atoms with Crippen LogP contribution in [0, 0.1) is 6.92 Å². The van der Waals surface area contributed by atoms with Crippen LogP contribution >= 0.6 is 0 Å². The van der Waals surface area contributed by atoms with E-state index in [9.17, 15) is 4.79 Å². The van der Waals surface area contributed by atoms with Gasteiger partial charge in [0.2, 0.25) is 5.91 Å². The van der Waals surface area contributed by atoms with Crippen LogP contribution in [-0.2, 0) is 11.2 Å². The number of benzene rings is 1. The Labute approximate surface area is 112 Å². The van der Waals surface area contributed by atoms with Gasteiger partial charge in [0.25, 0.3) is 0 Å². The van der Waals surface area contributed by atoms with E-state index in [-0.39, 0.29) is 5.91 Å². The van der Waals surface area contributed by atoms with Gasteiger partial charge in [0.15, 0.2) is 0 Å². The van der Waals surface area contributed by atoms with Crippen molar-refractivity contribution in [2.45, 2.75) is 19.8 Å². The number of anilines is 2. The minimum Gasteiger partial charge on any atom is -0.396 e. The Morgan fingerprint density at radius 2 is 2.00 bits per heavy atom. The first-order valence-corrected chi connectivity index (χ1v) is 6.20. The number of pyridine rings is 1. The zero-order valence-electron chi connectivity index (χ0n) is 10.9. The molecule has 19 heavy (non-hydrogen) atoms. The number of nitrogens with zero attached hydrogens (tertiary/aromatic N) is 1. The fourth-order valence-electron chi connectivity index (χ4n) is 1.75. The van der Waals surface area contributed by atoms with Crippen LogP contribution in [0.4, 0.5) is 11.4 Å². The maximum atomic E-state index is 11.8. The van der Waals surface area contributed by atoms with Crippen molar-refractivity contribution < 1.29 is 4.79 Å². The highest BCUT2D eigenvalue weighted by molar-refractivity contribution is 5.93. The van der Waals surface area contributed by atoms with Gasteiger partial charge in [-0.05, 0) is 25.0 Å². The number of nitrogens with one attached hydrogen (secondary N) is 1. The van der Waals surface area contributed by atoms with Crippen molar-refractivity contribution in [3.8, 4) is 0 Å². The molecule has 4 heteroatoms. The fraction of sp³-hybridized carbons (Fsp3) is 0.200. The number of aromatic nitrogens is 1. The Bertz CT molecular complexity index is 564. The number of rotatable bonds is 4. The summed E-state index contributed by atoms with van der Waals surface area (Å²) in [6.45, 7) is 2.04. The van der Waals surface area contributed by atoms with Gasteiger partial charge in [-0.25, -0.2) is 0 Å². The molecule has 2 aromatic rings. The largest absolute Gasteiger partial charge is 0.396 e. The fourth-order valence-corrected chi connectivity index (χ4v) is 1.75. The number of carbonyl (C=O) groups excluding carboxylic acids is 1. The second-order valence-electron chi connectivity index (χ2n) is 4.50. The summed E-state index contributed by atoms with van der Waals surface area (Å²) < 4.78 is 0. The monoisotopic (exact) mass is 255 g/mol. The van der Waals surface area contributed by atoms with Crippen LogP contribution in [0.15, 0.2) is 42.7 Å². The molecule has 0 spiro atoms. The van der Waals surface area contributed by atoms with Crippen molar-refractivity contribution >= 4 is 17.3 Å².